The molecule has 0 unspecified atom stereocenters. The number of benzene rings is 1. The molecule has 0 bridgehead atoms. The number of aryl methyl sites for hydroxylation is 1. The van der Waals surface area contributed by atoms with Gasteiger partial charge >= 0.3 is 0 Å². The third-order valence-electron chi connectivity index (χ3n) is 2.90. The maximum Gasteiger partial charge on any atom is 0.257 e. The van der Waals surface area contributed by atoms with E-state index in [9.17, 15) is 14.3 Å². The molecule has 2 N–H and O–H groups in total. The zero-order valence-electron chi connectivity index (χ0n) is 9.66. The fraction of sp³-hybridized carbons (Fsp3) is 0.417. The minimum atomic E-state index is -0.501. The largest absolute Gasteiger partial charge is 0.507 e. The zero-order chi connectivity index (χ0) is 12.4. The summed E-state index contributed by atoms with van der Waals surface area (Å²) >= 11 is 0. The van der Waals surface area contributed by atoms with Gasteiger partial charge in [0.15, 0.2) is 0 Å². The predicted octanol–water partition coefficient (Wildman–Crippen LogP) is 0.885. The molecule has 0 saturated carbocycles. The Balaban J connectivity index is 2.29. The number of halogens is 1. The highest BCUT2D eigenvalue weighted by atomic mass is 19.1. The number of amides is 1. The second-order valence-electron chi connectivity index (χ2n) is 4.16. The van der Waals surface area contributed by atoms with Gasteiger partial charge in [-0.15, -0.1) is 0 Å². The van der Waals surface area contributed by atoms with Crippen LogP contribution in [0.1, 0.15) is 15.9 Å². The summed E-state index contributed by atoms with van der Waals surface area (Å²) in [6.07, 6.45) is 0. The van der Waals surface area contributed by atoms with Crippen LogP contribution in [0.15, 0.2) is 12.1 Å². The first-order valence-electron chi connectivity index (χ1n) is 5.58. The molecule has 0 atom stereocenters. The van der Waals surface area contributed by atoms with Crippen LogP contribution in [-0.2, 0) is 0 Å². The normalized spacial score (nSPS) is 16.0. The molecular formula is C12H15FN2O2. The fourth-order valence-electron chi connectivity index (χ4n) is 1.94. The van der Waals surface area contributed by atoms with E-state index in [1.807, 2.05) is 0 Å². The van der Waals surface area contributed by atoms with Gasteiger partial charge in [0.2, 0.25) is 0 Å². The fourth-order valence-corrected chi connectivity index (χ4v) is 1.94. The van der Waals surface area contributed by atoms with Crippen molar-refractivity contribution in [1.82, 2.24) is 10.2 Å². The topological polar surface area (TPSA) is 52.6 Å². The molecule has 2 rings (SSSR count). The number of piperazine rings is 1. The Morgan fingerprint density at radius 3 is 2.71 bits per heavy atom. The van der Waals surface area contributed by atoms with Crippen LogP contribution < -0.4 is 5.32 Å². The second-order valence-corrected chi connectivity index (χ2v) is 4.16. The first kappa shape index (κ1) is 11.9. The lowest BCUT2D eigenvalue weighted by atomic mass is 10.1. The standard InChI is InChI=1S/C12H15FN2O2/c1-8-6-9(13)7-10(11(8)16)12(17)15-4-2-14-3-5-15/h6-7,14,16H,2-5H2,1H3. The van der Waals surface area contributed by atoms with Crippen LogP contribution in [0.4, 0.5) is 4.39 Å². The van der Waals surface area contributed by atoms with Gasteiger partial charge in [-0.2, -0.15) is 0 Å². The highest BCUT2D eigenvalue weighted by molar-refractivity contribution is 5.97. The number of phenolic OH excluding ortho intramolecular Hbond substituents is 1. The zero-order valence-corrected chi connectivity index (χ0v) is 9.66. The molecule has 1 aromatic carbocycles. The van der Waals surface area contributed by atoms with E-state index in [2.05, 4.69) is 5.32 Å². The van der Waals surface area contributed by atoms with E-state index in [1.54, 1.807) is 11.8 Å². The lowest BCUT2D eigenvalue weighted by Gasteiger charge is -2.27. The number of rotatable bonds is 1. The average molecular weight is 238 g/mol. The SMILES string of the molecule is Cc1cc(F)cc(C(=O)N2CCNCC2)c1O. The van der Waals surface area contributed by atoms with Gasteiger partial charge in [-0.25, -0.2) is 4.39 Å². The van der Waals surface area contributed by atoms with Crippen molar-refractivity contribution in [2.75, 3.05) is 26.2 Å². The van der Waals surface area contributed by atoms with Crippen LogP contribution in [0.25, 0.3) is 0 Å². The van der Waals surface area contributed by atoms with Crippen molar-refractivity contribution in [2.45, 2.75) is 6.92 Å². The number of aromatic hydroxyl groups is 1. The van der Waals surface area contributed by atoms with E-state index < -0.39 is 5.82 Å². The third-order valence-corrected chi connectivity index (χ3v) is 2.90. The molecule has 1 aliphatic rings. The number of carbonyl (C=O) groups excluding carboxylic acids is 1. The van der Waals surface area contributed by atoms with Gasteiger partial charge in [0.1, 0.15) is 11.6 Å². The van der Waals surface area contributed by atoms with Gasteiger partial charge in [-0.3, -0.25) is 4.79 Å². The van der Waals surface area contributed by atoms with E-state index in [0.29, 0.717) is 18.7 Å². The van der Waals surface area contributed by atoms with Gasteiger partial charge in [0, 0.05) is 26.2 Å². The Kier molecular flexibility index (Phi) is 3.28. The molecule has 1 aliphatic heterocycles. The van der Waals surface area contributed by atoms with Gasteiger partial charge in [-0.1, -0.05) is 0 Å². The Morgan fingerprint density at radius 2 is 2.06 bits per heavy atom. The van der Waals surface area contributed by atoms with Gasteiger partial charge in [-0.05, 0) is 24.6 Å². The maximum atomic E-state index is 13.2. The monoisotopic (exact) mass is 238 g/mol. The molecule has 1 fully saturated rings. The molecular weight excluding hydrogens is 223 g/mol. The summed E-state index contributed by atoms with van der Waals surface area (Å²) in [7, 11) is 0. The van der Waals surface area contributed by atoms with Crippen LogP contribution in [0, 0.1) is 12.7 Å². The summed E-state index contributed by atoms with van der Waals surface area (Å²) in [5.74, 6) is -0.944. The number of nitrogens with zero attached hydrogens (tertiary/aromatic N) is 1. The molecule has 1 heterocycles. The van der Waals surface area contributed by atoms with E-state index in [1.165, 1.54) is 6.07 Å². The van der Waals surface area contributed by atoms with Crippen LogP contribution in [-0.4, -0.2) is 42.1 Å². The molecule has 4 nitrogen and oxygen atoms in total. The summed E-state index contributed by atoms with van der Waals surface area (Å²) in [5, 5.41) is 12.9. The van der Waals surface area contributed by atoms with Crippen LogP contribution in [0.3, 0.4) is 0 Å². The molecule has 0 aromatic heterocycles. The number of nitrogens with one attached hydrogen (secondary N) is 1. The van der Waals surface area contributed by atoms with Crippen molar-refractivity contribution in [3.05, 3.63) is 29.1 Å². The number of carbonyl (C=O) groups is 1. The smallest absolute Gasteiger partial charge is 0.257 e. The molecule has 0 aliphatic carbocycles. The first-order chi connectivity index (χ1) is 8.09. The summed E-state index contributed by atoms with van der Waals surface area (Å²) in [4.78, 5) is 13.7. The quantitative estimate of drug-likeness (QED) is 0.764. The van der Waals surface area contributed by atoms with Gasteiger partial charge in [0.25, 0.3) is 5.91 Å². The molecule has 17 heavy (non-hydrogen) atoms. The number of hydrogen-bond donors (Lipinski definition) is 2. The summed E-state index contributed by atoms with van der Waals surface area (Å²) < 4.78 is 13.2. The van der Waals surface area contributed by atoms with Crippen molar-refractivity contribution in [2.24, 2.45) is 0 Å². The van der Waals surface area contributed by atoms with Crippen LogP contribution in [0.2, 0.25) is 0 Å². The molecule has 1 saturated heterocycles. The Bertz CT molecular complexity index is 442. The van der Waals surface area contributed by atoms with Gasteiger partial charge < -0.3 is 15.3 Å². The Morgan fingerprint density at radius 1 is 1.41 bits per heavy atom. The number of hydrogen-bond acceptors (Lipinski definition) is 3. The van der Waals surface area contributed by atoms with Crippen molar-refractivity contribution >= 4 is 5.91 Å². The van der Waals surface area contributed by atoms with Crippen molar-refractivity contribution in [1.29, 1.82) is 0 Å². The Labute approximate surface area is 99.0 Å². The van der Waals surface area contributed by atoms with Crippen LogP contribution >= 0.6 is 0 Å². The van der Waals surface area contributed by atoms with E-state index in [4.69, 9.17) is 0 Å². The average Bonchev–Trinajstić information content (AvgIpc) is 2.34. The van der Waals surface area contributed by atoms with E-state index in [0.717, 1.165) is 19.2 Å². The predicted molar refractivity (Wildman–Crippen MR) is 61.6 cm³/mol. The first-order valence-corrected chi connectivity index (χ1v) is 5.58. The minimum Gasteiger partial charge on any atom is -0.507 e. The summed E-state index contributed by atoms with van der Waals surface area (Å²) in [5.41, 5.74) is 0.424. The molecule has 1 amide bonds. The molecule has 0 spiro atoms. The van der Waals surface area contributed by atoms with Crippen molar-refractivity contribution in [3.8, 4) is 5.75 Å². The third kappa shape index (κ3) is 2.39. The molecule has 5 heteroatoms. The summed E-state index contributed by atoms with van der Waals surface area (Å²) in [6.45, 7) is 4.18. The van der Waals surface area contributed by atoms with Crippen LogP contribution in [0.5, 0.6) is 5.75 Å². The van der Waals surface area contributed by atoms with E-state index in [-0.39, 0.29) is 17.2 Å². The molecule has 1 aromatic rings. The van der Waals surface area contributed by atoms with Crippen molar-refractivity contribution < 1.29 is 14.3 Å². The highest BCUT2D eigenvalue weighted by Crippen LogP contribution is 2.24. The molecule has 0 radical (unpaired) electrons. The molecule has 92 valence electrons. The highest BCUT2D eigenvalue weighted by Gasteiger charge is 2.22. The van der Waals surface area contributed by atoms with Gasteiger partial charge in [0.05, 0.1) is 5.56 Å². The van der Waals surface area contributed by atoms with E-state index >= 15 is 0 Å². The lowest BCUT2D eigenvalue weighted by molar-refractivity contribution is 0.0732. The maximum absolute atomic E-state index is 13.2. The lowest BCUT2D eigenvalue weighted by Crippen LogP contribution is -2.46. The van der Waals surface area contributed by atoms with Crippen molar-refractivity contribution in [3.63, 3.8) is 0 Å². The second kappa shape index (κ2) is 4.71. The minimum absolute atomic E-state index is 0.0457. The Hall–Kier alpha value is -1.62. The summed E-state index contributed by atoms with van der Waals surface area (Å²) in [6, 6.07) is 2.30. The number of phenols is 1.